The van der Waals surface area contributed by atoms with Crippen LogP contribution >= 0.6 is 0 Å². The van der Waals surface area contributed by atoms with E-state index in [4.69, 9.17) is 4.74 Å². The summed E-state index contributed by atoms with van der Waals surface area (Å²) >= 11 is 0. The van der Waals surface area contributed by atoms with Gasteiger partial charge in [0.2, 0.25) is 5.88 Å². The number of amides is 1. The van der Waals surface area contributed by atoms with Gasteiger partial charge in [0.25, 0.3) is 5.91 Å². The lowest BCUT2D eigenvalue weighted by Gasteiger charge is -2.16. The molecule has 0 fully saturated rings. The van der Waals surface area contributed by atoms with Gasteiger partial charge in [-0.15, -0.1) is 0 Å². The number of aromatic nitrogens is 2. The third kappa shape index (κ3) is 5.81. The number of hydrogen-bond acceptors (Lipinski definition) is 4. The van der Waals surface area contributed by atoms with Crippen molar-refractivity contribution in [2.75, 3.05) is 0 Å². The summed E-state index contributed by atoms with van der Waals surface area (Å²) in [4.78, 5) is 24.4. The van der Waals surface area contributed by atoms with Crippen LogP contribution in [0.25, 0.3) is 0 Å². The summed E-state index contributed by atoms with van der Waals surface area (Å²) in [5.74, 6) is -2.50. The van der Waals surface area contributed by atoms with Crippen LogP contribution < -0.4 is 10.1 Å². The van der Waals surface area contributed by atoms with Gasteiger partial charge in [-0.05, 0) is 37.6 Å². The fraction of sp³-hybridized carbons (Fsp3) is 0.261. The number of ketones is 1. The van der Waals surface area contributed by atoms with Gasteiger partial charge in [-0.25, -0.2) is 4.68 Å². The Morgan fingerprint density at radius 2 is 1.63 bits per heavy atom. The molecule has 0 spiro atoms. The number of aryl methyl sites for hydroxylation is 1. The Labute approximate surface area is 195 Å². The van der Waals surface area contributed by atoms with Crippen molar-refractivity contribution < 1.29 is 40.7 Å². The summed E-state index contributed by atoms with van der Waals surface area (Å²) in [5.41, 5.74) is -2.71. The van der Waals surface area contributed by atoms with Crippen LogP contribution in [0.1, 0.15) is 57.4 Å². The molecule has 1 heterocycles. The van der Waals surface area contributed by atoms with E-state index in [1.54, 1.807) is 0 Å². The maximum atomic E-state index is 13.6. The number of carbonyl (C=O) groups excluding carboxylic acids is 2. The summed E-state index contributed by atoms with van der Waals surface area (Å²) < 4.78 is 86.0. The van der Waals surface area contributed by atoms with Gasteiger partial charge in [-0.1, -0.05) is 30.3 Å². The highest BCUT2D eigenvalue weighted by atomic mass is 19.4. The first-order valence-corrected chi connectivity index (χ1v) is 10.1. The van der Waals surface area contributed by atoms with Gasteiger partial charge in [0.1, 0.15) is 11.3 Å². The van der Waals surface area contributed by atoms with E-state index < -0.39 is 52.8 Å². The molecule has 186 valence electrons. The minimum absolute atomic E-state index is 0.185. The van der Waals surface area contributed by atoms with Crippen LogP contribution in [-0.2, 0) is 19.4 Å². The smallest absolute Gasteiger partial charge is 0.436 e. The molecule has 0 unspecified atom stereocenters. The second-order valence-corrected chi connectivity index (χ2v) is 7.65. The van der Waals surface area contributed by atoms with E-state index in [2.05, 4.69) is 10.4 Å². The van der Waals surface area contributed by atoms with Crippen molar-refractivity contribution in [3.63, 3.8) is 0 Å². The molecule has 6 nitrogen and oxygen atoms in total. The van der Waals surface area contributed by atoms with E-state index >= 15 is 0 Å². The molecule has 0 saturated carbocycles. The van der Waals surface area contributed by atoms with Crippen molar-refractivity contribution in [1.82, 2.24) is 15.1 Å². The Bertz CT molecular complexity index is 1250. The summed E-state index contributed by atoms with van der Waals surface area (Å²) in [6.45, 7) is 2.88. The Morgan fingerprint density at radius 1 is 1.00 bits per heavy atom. The summed E-state index contributed by atoms with van der Waals surface area (Å²) in [6.07, 6.45) is -9.76. The molecule has 1 atom stereocenters. The van der Waals surface area contributed by atoms with Crippen LogP contribution in [0.3, 0.4) is 0 Å². The van der Waals surface area contributed by atoms with E-state index in [1.165, 1.54) is 38.1 Å². The van der Waals surface area contributed by atoms with Crippen LogP contribution in [0.5, 0.6) is 11.6 Å². The normalized spacial score (nSPS) is 12.8. The Hall–Kier alpha value is -3.83. The van der Waals surface area contributed by atoms with Crippen molar-refractivity contribution in [1.29, 1.82) is 0 Å². The van der Waals surface area contributed by atoms with E-state index in [0.717, 1.165) is 25.2 Å². The van der Waals surface area contributed by atoms with E-state index in [1.807, 2.05) is 0 Å². The zero-order valence-corrected chi connectivity index (χ0v) is 18.6. The minimum Gasteiger partial charge on any atom is -0.438 e. The van der Waals surface area contributed by atoms with Crippen LogP contribution in [-0.4, -0.2) is 21.5 Å². The lowest BCUT2D eigenvalue weighted by atomic mass is 10.0. The largest absolute Gasteiger partial charge is 0.438 e. The standard InChI is InChI=1S/C23H19F6N3O3/c1-12(14-7-9-15(10-8-14)13(2)33)30-20(34)18-19(23(27,28)29)31-32(3)21(18)35-17-6-4-5-16(11-17)22(24,25)26/h4-12H,1-3H3,(H,30,34)/t12-/m0/s1. The highest BCUT2D eigenvalue weighted by molar-refractivity contribution is 5.98. The van der Waals surface area contributed by atoms with Gasteiger partial charge in [0.15, 0.2) is 11.5 Å². The molecule has 0 radical (unpaired) electrons. The molecular formula is C23H19F6N3O3. The number of halogens is 6. The monoisotopic (exact) mass is 499 g/mol. The maximum Gasteiger partial charge on any atom is 0.436 e. The van der Waals surface area contributed by atoms with Gasteiger partial charge in [0, 0.05) is 12.6 Å². The molecule has 0 aliphatic heterocycles. The molecule has 0 aliphatic carbocycles. The average molecular weight is 499 g/mol. The topological polar surface area (TPSA) is 73.2 Å². The number of hydrogen-bond donors (Lipinski definition) is 1. The van der Waals surface area contributed by atoms with Crippen molar-refractivity contribution in [3.05, 3.63) is 76.5 Å². The zero-order valence-electron chi connectivity index (χ0n) is 18.6. The van der Waals surface area contributed by atoms with E-state index in [0.29, 0.717) is 21.9 Å². The number of Topliss-reactive ketones (excluding diaryl/α,β-unsaturated/α-hetero) is 1. The van der Waals surface area contributed by atoms with Crippen LogP contribution in [0.4, 0.5) is 26.3 Å². The van der Waals surface area contributed by atoms with Crippen LogP contribution in [0, 0.1) is 0 Å². The second-order valence-electron chi connectivity index (χ2n) is 7.65. The van der Waals surface area contributed by atoms with Crippen molar-refractivity contribution in [2.45, 2.75) is 32.2 Å². The first kappa shape index (κ1) is 25.8. The molecule has 1 aromatic heterocycles. The predicted molar refractivity (Wildman–Crippen MR) is 112 cm³/mol. The number of ether oxygens (including phenoxy) is 1. The lowest BCUT2D eigenvalue weighted by Crippen LogP contribution is -2.28. The molecule has 3 rings (SSSR count). The summed E-state index contributed by atoms with van der Waals surface area (Å²) in [6, 6.07) is 8.80. The Balaban J connectivity index is 1.97. The third-order valence-corrected chi connectivity index (χ3v) is 5.03. The summed E-state index contributed by atoms with van der Waals surface area (Å²) in [7, 11) is 1.07. The molecule has 0 aliphatic rings. The molecular weight excluding hydrogens is 480 g/mol. The second kappa shape index (κ2) is 9.43. The Kier molecular flexibility index (Phi) is 6.95. The number of carbonyl (C=O) groups is 2. The first-order chi connectivity index (χ1) is 16.2. The first-order valence-electron chi connectivity index (χ1n) is 10.1. The molecule has 2 aromatic carbocycles. The summed E-state index contributed by atoms with van der Waals surface area (Å²) in [5, 5.41) is 5.74. The van der Waals surface area contributed by atoms with Crippen LogP contribution in [0.2, 0.25) is 0 Å². The van der Waals surface area contributed by atoms with Gasteiger partial charge in [0.05, 0.1) is 11.6 Å². The average Bonchev–Trinajstić information content (AvgIpc) is 3.10. The van der Waals surface area contributed by atoms with E-state index in [-0.39, 0.29) is 5.78 Å². The third-order valence-electron chi connectivity index (χ3n) is 5.03. The zero-order chi connectivity index (χ0) is 26.1. The number of nitrogens with one attached hydrogen (secondary N) is 1. The molecule has 0 bridgehead atoms. The van der Waals surface area contributed by atoms with Gasteiger partial charge in [-0.2, -0.15) is 31.4 Å². The fourth-order valence-corrected chi connectivity index (χ4v) is 3.23. The number of alkyl halides is 6. The molecule has 0 saturated heterocycles. The number of benzene rings is 2. The number of rotatable bonds is 6. The molecule has 35 heavy (non-hydrogen) atoms. The lowest BCUT2D eigenvalue weighted by molar-refractivity contribution is -0.141. The SMILES string of the molecule is CC(=O)c1ccc([C@H](C)NC(=O)c2c(C(F)(F)F)nn(C)c2Oc2cccc(C(F)(F)F)c2)cc1. The fourth-order valence-electron chi connectivity index (χ4n) is 3.23. The van der Waals surface area contributed by atoms with Crippen LogP contribution in [0.15, 0.2) is 48.5 Å². The minimum atomic E-state index is -5.05. The molecule has 1 amide bonds. The Morgan fingerprint density at radius 3 is 2.17 bits per heavy atom. The highest BCUT2D eigenvalue weighted by Gasteiger charge is 2.42. The molecule has 1 N–H and O–H groups in total. The maximum absolute atomic E-state index is 13.6. The highest BCUT2D eigenvalue weighted by Crippen LogP contribution is 2.38. The van der Waals surface area contributed by atoms with E-state index in [9.17, 15) is 35.9 Å². The van der Waals surface area contributed by atoms with Crippen molar-refractivity contribution >= 4 is 11.7 Å². The van der Waals surface area contributed by atoms with Crippen molar-refractivity contribution in [3.8, 4) is 11.6 Å². The number of nitrogens with zero attached hydrogens (tertiary/aromatic N) is 2. The molecule has 12 heteroatoms. The van der Waals surface area contributed by atoms with Gasteiger partial charge < -0.3 is 10.1 Å². The van der Waals surface area contributed by atoms with Gasteiger partial charge >= 0.3 is 12.4 Å². The van der Waals surface area contributed by atoms with Gasteiger partial charge in [-0.3, -0.25) is 9.59 Å². The quantitative estimate of drug-likeness (QED) is 0.336. The molecule has 3 aromatic rings. The van der Waals surface area contributed by atoms with Crippen molar-refractivity contribution in [2.24, 2.45) is 7.05 Å². The predicted octanol–water partition coefficient (Wildman–Crippen LogP) is 5.94.